The van der Waals surface area contributed by atoms with Gasteiger partial charge in [0.05, 0.1) is 18.8 Å². The SMILES string of the molecule is OC(CBr)COC1CCCC1. The zero-order valence-corrected chi connectivity index (χ0v) is 8.22. The lowest BCUT2D eigenvalue weighted by atomic mass is 10.3. The maximum absolute atomic E-state index is 9.15. The van der Waals surface area contributed by atoms with Gasteiger partial charge in [-0.3, -0.25) is 0 Å². The minimum Gasteiger partial charge on any atom is -0.390 e. The highest BCUT2D eigenvalue weighted by Crippen LogP contribution is 2.20. The van der Waals surface area contributed by atoms with Crippen LogP contribution in [0.1, 0.15) is 25.7 Å². The fourth-order valence-corrected chi connectivity index (χ4v) is 1.53. The topological polar surface area (TPSA) is 29.5 Å². The van der Waals surface area contributed by atoms with Gasteiger partial charge in [-0.1, -0.05) is 28.8 Å². The predicted molar refractivity (Wildman–Crippen MR) is 48.0 cm³/mol. The molecule has 1 atom stereocenters. The summed E-state index contributed by atoms with van der Waals surface area (Å²) in [5.74, 6) is 0. The van der Waals surface area contributed by atoms with Gasteiger partial charge < -0.3 is 9.84 Å². The van der Waals surface area contributed by atoms with Gasteiger partial charge in [-0.2, -0.15) is 0 Å². The molecule has 0 amide bonds. The fourth-order valence-electron chi connectivity index (χ4n) is 1.35. The number of rotatable bonds is 4. The molecule has 2 nitrogen and oxygen atoms in total. The average molecular weight is 223 g/mol. The van der Waals surface area contributed by atoms with E-state index in [-0.39, 0.29) is 6.10 Å². The molecule has 0 radical (unpaired) electrons. The van der Waals surface area contributed by atoms with Gasteiger partial charge in [0, 0.05) is 5.33 Å². The van der Waals surface area contributed by atoms with Crippen LogP contribution in [0.15, 0.2) is 0 Å². The summed E-state index contributed by atoms with van der Waals surface area (Å²) in [6, 6.07) is 0. The number of aliphatic hydroxyl groups excluding tert-OH is 1. The minimum absolute atomic E-state index is 0.337. The van der Waals surface area contributed by atoms with Gasteiger partial charge in [-0.05, 0) is 12.8 Å². The first-order valence-corrected chi connectivity index (χ1v) is 5.30. The van der Waals surface area contributed by atoms with Gasteiger partial charge in [0.15, 0.2) is 0 Å². The minimum atomic E-state index is -0.337. The van der Waals surface area contributed by atoms with Crippen LogP contribution in [-0.2, 0) is 4.74 Å². The maximum Gasteiger partial charge on any atom is 0.0870 e. The van der Waals surface area contributed by atoms with Gasteiger partial charge in [0.25, 0.3) is 0 Å². The van der Waals surface area contributed by atoms with Crippen LogP contribution in [0, 0.1) is 0 Å². The van der Waals surface area contributed by atoms with E-state index in [0.29, 0.717) is 18.0 Å². The van der Waals surface area contributed by atoms with Crippen LogP contribution in [0.25, 0.3) is 0 Å². The molecule has 0 aromatic carbocycles. The monoisotopic (exact) mass is 222 g/mol. The van der Waals surface area contributed by atoms with E-state index >= 15 is 0 Å². The van der Waals surface area contributed by atoms with Crippen LogP contribution < -0.4 is 0 Å². The first-order valence-electron chi connectivity index (χ1n) is 4.18. The second-order valence-corrected chi connectivity index (χ2v) is 3.70. The van der Waals surface area contributed by atoms with E-state index in [2.05, 4.69) is 15.9 Å². The number of alkyl halides is 1. The molecule has 1 saturated carbocycles. The van der Waals surface area contributed by atoms with Crippen molar-refractivity contribution in [1.29, 1.82) is 0 Å². The third-order valence-corrected chi connectivity index (χ3v) is 2.75. The molecular weight excluding hydrogens is 208 g/mol. The van der Waals surface area contributed by atoms with E-state index in [1.165, 1.54) is 25.7 Å². The van der Waals surface area contributed by atoms with E-state index < -0.39 is 0 Å². The third-order valence-electron chi connectivity index (χ3n) is 2.00. The summed E-state index contributed by atoms with van der Waals surface area (Å²) in [5.41, 5.74) is 0. The third kappa shape index (κ3) is 3.54. The van der Waals surface area contributed by atoms with Crippen molar-refractivity contribution in [3.05, 3.63) is 0 Å². The first kappa shape index (κ1) is 9.49. The molecule has 66 valence electrons. The van der Waals surface area contributed by atoms with E-state index in [1.54, 1.807) is 0 Å². The average Bonchev–Trinajstić information content (AvgIpc) is 2.52. The van der Waals surface area contributed by atoms with Crippen molar-refractivity contribution in [2.24, 2.45) is 0 Å². The van der Waals surface area contributed by atoms with Crippen molar-refractivity contribution in [3.63, 3.8) is 0 Å². The highest BCUT2D eigenvalue weighted by atomic mass is 79.9. The summed E-state index contributed by atoms with van der Waals surface area (Å²) in [6.45, 7) is 0.482. The summed E-state index contributed by atoms with van der Waals surface area (Å²) in [5, 5.41) is 9.76. The Labute approximate surface area is 76.1 Å². The van der Waals surface area contributed by atoms with Gasteiger partial charge in [0.2, 0.25) is 0 Å². The molecule has 0 spiro atoms. The van der Waals surface area contributed by atoms with Crippen molar-refractivity contribution in [1.82, 2.24) is 0 Å². The van der Waals surface area contributed by atoms with Crippen molar-refractivity contribution in [2.75, 3.05) is 11.9 Å². The second-order valence-electron chi connectivity index (χ2n) is 3.05. The lowest BCUT2D eigenvalue weighted by molar-refractivity contribution is 0.00284. The van der Waals surface area contributed by atoms with Crippen LogP contribution in [0.3, 0.4) is 0 Å². The van der Waals surface area contributed by atoms with Crippen LogP contribution in [0.2, 0.25) is 0 Å². The molecule has 1 N–H and O–H groups in total. The van der Waals surface area contributed by atoms with E-state index in [1.807, 2.05) is 0 Å². The zero-order valence-electron chi connectivity index (χ0n) is 6.63. The molecular formula is C8H15BrO2. The zero-order chi connectivity index (χ0) is 8.10. The predicted octanol–water partition coefficient (Wildman–Crippen LogP) is 1.70. The number of hydrogen-bond acceptors (Lipinski definition) is 2. The Morgan fingerprint density at radius 3 is 2.64 bits per heavy atom. The smallest absolute Gasteiger partial charge is 0.0870 e. The van der Waals surface area contributed by atoms with Crippen molar-refractivity contribution < 1.29 is 9.84 Å². The molecule has 0 saturated heterocycles. The van der Waals surface area contributed by atoms with Crippen molar-refractivity contribution in [2.45, 2.75) is 37.9 Å². The van der Waals surface area contributed by atoms with Gasteiger partial charge in [0.1, 0.15) is 0 Å². The molecule has 3 heteroatoms. The normalized spacial score (nSPS) is 22.4. The molecule has 11 heavy (non-hydrogen) atoms. The number of ether oxygens (including phenoxy) is 1. The molecule has 0 bridgehead atoms. The molecule has 1 unspecified atom stereocenters. The van der Waals surface area contributed by atoms with Crippen LogP contribution in [-0.4, -0.2) is 29.3 Å². The molecule has 0 aromatic heterocycles. The largest absolute Gasteiger partial charge is 0.390 e. The molecule has 1 rings (SSSR count). The quantitative estimate of drug-likeness (QED) is 0.735. The van der Waals surface area contributed by atoms with Crippen LogP contribution in [0.4, 0.5) is 0 Å². The Kier molecular flexibility index (Phi) is 4.41. The lowest BCUT2D eigenvalue weighted by Crippen LogP contribution is -2.20. The first-order chi connectivity index (χ1) is 5.33. The summed E-state index contributed by atoms with van der Waals surface area (Å²) in [7, 11) is 0. The molecule has 1 fully saturated rings. The van der Waals surface area contributed by atoms with Crippen molar-refractivity contribution >= 4 is 15.9 Å². The number of aliphatic hydroxyl groups is 1. The Morgan fingerprint density at radius 2 is 2.09 bits per heavy atom. The second kappa shape index (κ2) is 5.12. The van der Waals surface area contributed by atoms with Gasteiger partial charge in [-0.25, -0.2) is 0 Å². The van der Waals surface area contributed by atoms with Crippen LogP contribution >= 0.6 is 15.9 Å². The standard InChI is InChI=1S/C8H15BrO2/c9-5-7(10)6-11-8-3-1-2-4-8/h7-8,10H,1-6H2. The highest BCUT2D eigenvalue weighted by molar-refractivity contribution is 9.09. The van der Waals surface area contributed by atoms with E-state index in [0.717, 1.165) is 0 Å². The Balaban J connectivity index is 2.01. The van der Waals surface area contributed by atoms with Crippen LogP contribution in [0.5, 0.6) is 0 Å². The van der Waals surface area contributed by atoms with Crippen molar-refractivity contribution in [3.8, 4) is 0 Å². The Hall–Kier alpha value is 0.400. The van der Waals surface area contributed by atoms with Gasteiger partial charge >= 0.3 is 0 Å². The number of halogens is 1. The maximum atomic E-state index is 9.15. The Bertz CT molecular complexity index is 102. The van der Waals surface area contributed by atoms with E-state index in [4.69, 9.17) is 9.84 Å². The molecule has 1 aliphatic rings. The molecule has 0 aliphatic heterocycles. The Morgan fingerprint density at radius 1 is 1.45 bits per heavy atom. The summed E-state index contributed by atoms with van der Waals surface area (Å²) in [6.07, 6.45) is 5.01. The number of hydrogen-bond donors (Lipinski definition) is 1. The lowest BCUT2D eigenvalue weighted by Gasteiger charge is -2.13. The summed E-state index contributed by atoms with van der Waals surface area (Å²) < 4.78 is 5.48. The summed E-state index contributed by atoms with van der Waals surface area (Å²) >= 11 is 3.19. The fraction of sp³-hybridized carbons (Fsp3) is 1.00. The van der Waals surface area contributed by atoms with E-state index in [9.17, 15) is 0 Å². The molecule has 0 aromatic rings. The highest BCUT2D eigenvalue weighted by Gasteiger charge is 2.16. The molecule has 1 aliphatic carbocycles. The summed E-state index contributed by atoms with van der Waals surface area (Å²) in [4.78, 5) is 0. The molecule has 0 heterocycles. The van der Waals surface area contributed by atoms with Gasteiger partial charge in [-0.15, -0.1) is 0 Å².